The summed E-state index contributed by atoms with van der Waals surface area (Å²) >= 11 is 0. The first-order valence-corrected chi connectivity index (χ1v) is 18.4. The second-order valence-electron chi connectivity index (χ2n) is 16.0. The highest BCUT2D eigenvalue weighted by Gasteiger charge is 2.17. The third kappa shape index (κ3) is 23.0. The van der Waals surface area contributed by atoms with Gasteiger partial charge in [0.15, 0.2) is 0 Å². The van der Waals surface area contributed by atoms with Crippen LogP contribution in [0.4, 0.5) is 0 Å². The fourth-order valence-corrected chi connectivity index (χ4v) is 7.92. The van der Waals surface area contributed by atoms with Gasteiger partial charge in [0.2, 0.25) is 0 Å². The second kappa shape index (κ2) is 28.0. The van der Waals surface area contributed by atoms with Crippen LogP contribution in [0.15, 0.2) is 29.8 Å². The maximum Gasteiger partial charge on any atom is -0.00577 e. The Hall–Kier alpha value is -1.04. The molecule has 5 rings (SSSR count). The van der Waals surface area contributed by atoms with Gasteiger partial charge in [-0.05, 0) is 84.7 Å². The minimum absolute atomic E-state index is 0. The number of benzene rings is 1. The van der Waals surface area contributed by atoms with Gasteiger partial charge >= 0.3 is 0 Å². The summed E-state index contributed by atoms with van der Waals surface area (Å²) in [6.07, 6.45) is 28.7. The molecule has 0 heterocycles. The molecule has 0 unspecified atom stereocenters. The van der Waals surface area contributed by atoms with Crippen LogP contribution in [-0.2, 0) is 6.42 Å². The molecule has 0 bridgehead atoms. The molecule has 1 aromatic carbocycles. The number of rotatable bonds is 8. The molecule has 0 saturated heterocycles. The van der Waals surface area contributed by atoms with Gasteiger partial charge in [-0.3, -0.25) is 0 Å². The van der Waals surface area contributed by atoms with Crippen molar-refractivity contribution in [3.8, 4) is 0 Å². The first-order valence-electron chi connectivity index (χ1n) is 18.4. The molecule has 1 aromatic rings. The highest BCUT2D eigenvalue weighted by atomic mass is 14.2. The average Bonchev–Trinajstić information content (AvgIpc) is 3.67. The Morgan fingerprint density at radius 1 is 0.489 bits per heavy atom. The Morgan fingerprint density at radius 3 is 1.18 bits per heavy atom. The van der Waals surface area contributed by atoms with E-state index in [0.717, 1.165) is 41.4 Å². The summed E-state index contributed by atoms with van der Waals surface area (Å²) in [5.41, 5.74) is 4.52. The Kier molecular flexibility index (Phi) is 30.1. The van der Waals surface area contributed by atoms with E-state index < -0.39 is 0 Å². The van der Waals surface area contributed by atoms with E-state index >= 15 is 0 Å². The van der Waals surface area contributed by atoms with Crippen molar-refractivity contribution in [1.29, 1.82) is 0 Å². The zero-order valence-corrected chi connectivity index (χ0v) is 29.2. The van der Waals surface area contributed by atoms with Crippen LogP contribution in [0.5, 0.6) is 0 Å². The van der Waals surface area contributed by atoms with Gasteiger partial charge in [0.05, 0.1) is 0 Å². The molecule has 4 aliphatic carbocycles. The molecule has 0 heteroatoms. The van der Waals surface area contributed by atoms with Gasteiger partial charge in [-0.25, -0.2) is 0 Å². The molecule has 0 radical (unpaired) electrons. The van der Waals surface area contributed by atoms with Crippen molar-refractivity contribution in [1.82, 2.24) is 0 Å². The van der Waals surface area contributed by atoms with Gasteiger partial charge in [0, 0.05) is 0 Å². The molecule has 0 aliphatic heterocycles. The van der Waals surface area contributed by atoms with Crippen molar-refractivity contribution >= 4 is 6.08 Å². The third-order valence-electron chi connectivity index (χ3n) is 9.59. The summed E-state index contributed by atoms with van der Waals surface area (Å²) in [6, 6.07) is 8.69. The lowest BCUT2D eigenvalue weighted by molar-refractivity contribution is 0.305. The summed E-state index contributed by atoms with van der Waals surface area (Å²) in [4.78, 5) is 0. The maximum absolute atomic E-state index is 2.36. The van der Waals surface area contributed by atoms with Crippen molar-refractivity contribution in [2.75, 3.05) is 0 Å². The predicted octanol–water partition coefficient (Wildman–Crippen LogP) is 16.3. The van der Waals surface area contributed by atoms with Crippen LogP contribution in [0.3, 0.4) is 0 Å². The predicted molar refractivity (Wildman–Crippen MR) is 213 cm³/mol. The van der Waals surface area contributed by atoms with Crippen molar-refractivity contribution in [2.24, 2.45) is 41.4 Å². The quantitative estimate of drug-likeness (QED) is 0.269. The van der Waals surface area contributed by atoms with Crippen LogP contribution in [0, 0.1) is 41.4 Å². The number of hydrogen-bond donors (Lipinski definition) is 0. The highest BCUT2D eigenvalue weighted by Crippen LogP contribution is 2.31. The molecule has 0 N–H and O–H groups in total. The lowest BCUT2D eigenvalue weighted by atomic mass is 9.84. The molecule has 3 saturated carbocycles. The SMILES string of the molecule is C.C.C.C.CC(C)CC1=Cc2ccccc2C1.CC(C)CC1CCCC1.CC(C)CC1CCCC1.CC(C)CC1CCCCC1. The average molecular weight is 629 g/mol. The molecule has 0 spiro atoms. The van der Waals surface area contributed by atoms with Gasteiger partial charge in [-0.1, -0.05) is 204 Å². The molecule has 45 heavy (non-hydrogen) atoms. The molecule has 0 atom stereocenters. The molecule has 0 aromatic heterocycles. The second-order valence-corrected chi connectivity index (χ2v) is 16.0. The van der Waals surface area contributed by atoms with Gasteiger partial charge in [-0.2, -0.15) is 0 Å². The van der Waals surface area contributed by atoms with Crippen LogP contribution < -0.4 is 0 Å². The monoisotopic (exact) mass is 629 g/mol. The van der Waals surface area contributed by atoms with E-state index in [-0.39, 0.29) is 29.7 Å². The normalized spacial score (nSPS) is 17.7. The summed E-state index contributed by atoms with van der Waals surface area (Å²) in [5, 5.41) is 0. The van der Waals surface area contributed by atoms with E-state index in [1.807, 2.05) is 0 Å². The van der Waals surface area contributed by atoms with Gasteiger partial charge in [0.1, 0.15) is 0 Å². The van der Waals surface area contributed by atoms with Gasteiger partial charge in [-0.15, -0.1) is 0 Å². The van der Waals surface area contributed by atoms with Crippen LogP contribution in [0.1, 0.15) is 205 Å². The smallest absolute Gasteiger partial charge is 0.00577 e. The molecule has 4 aliphatic rings. The molecule has 0 nitrogen and oxygen atoms in total. The van der Waals surface area contributed by atoms with E-state index in [4.69, 9.17) is 0 Å². The maximum atomic E-state index is 2.36. The number of allylic oxidation sites excluding steroid dienone is 1. The third-order valence-corrected chi connectivity index (χ3v) is 9.59. The van der Waals surface area contributed by atoms with Crippen LogP contribution in [0.25, 0.3) is 6.08 Å². The topological polar surface area (TPSA) is 0 Å². The summed E-state index contributed by atoms with van der Waals surface area (Å²) in [7, 11) is 0. The summed E-state index contributed by atoms with van der Waals surface area (Å²) in [6.45, 7) is 18.6. The lowest BCUT2D eigenvalue weighted by Gasteiger charge is -2.22. The molecule has 268 valence electrons. The fourth-order valence-electron chi connectivity index (χ4n) is 7.92. The van der Waals surface area contributed by atoms with E-state index in [1.165, 1.54) is 127 Å². The minimum Gasteiger partial charge on any atom is -0.0776 e. The van der Waals surface area contributed by atoms with Crippen LogP contribution in [0.2, 0.25) is 0 Å². The molecular weight excluding hydrogens is 540 g/mol. The standard InChI is InChI=1S/C13H16.C10H20.2C9H18.4CH4/c1-10(2)7-11-8-12-5-3-4-6-13(12)9-11;1-9(2)8-10-6-4-3-5-7-10;2*1-8(2)7-9-5-3-4-6-9;;;;/h3-6,8,10H,7,9H2,1-2H3;9-10H,3-8H2,1-2H3;2*8-9H,3-7H2,1-2H3;4*1H4. The number of hydrogen-bond acceptors (Lipinski definition) is 0. The first-order chi connectivity index (χ1) is 19.6. The van der Waals surface area contributed by atoms with Gasteiger partial charge < -0.3 is 0 Å². The van der Waals surface area contributed by atoms with Crippen molar-refractivity contribution in [2.45, 2.75) is 201 Å². The Bertz CT molecular complexity index is 769. The largest absolute Gasteiger partial charge is 0.0776 e. The fraction of sp³-hybridized carbons (Fsp3) is 0.822. The lowest BCUT2D eigenvalue weighted by Crippen LogP contribution is -2.08. The molecule has 3 fully saturated rings. The summed E-state index contributed by atoms with van der Waals surface area (Å²) in [5.74, 6) is 6.80. The molecule has 0 amide bonds. The zero-order valence-electron chi connectivity index (χ0n) is 29.2. The first kappa shape index (κ1) is 48.4. The highest BCUT2D eigenvalue weighted by molar-refractivity contribution is 5.63. The van der Waals surface area contributed by atoms with E-state index in [2.05, 4.69) is 85.7 Å². The Morgan fingerprint density at radius 2 is 0.844 bits per heavy atom. The van der Waals surface area contributed by atoms with Crippen LogP contribution in [-0.4, -0.2) is 0 Å². The van der Waals surface area contributed by atoms with E-state index in [0.29, 0.717) is 0 Å². The summed E-state index contributed by atoms with van der Waals surface area (Å²) < 4.78 is 0. The van der Waals surface area contributed by atoms with Gasteiger partial charge in [0.25, 0.3) is 0 Å². The molecular formula is C45H88. The minimum atomic E-state index is 0. The number of fused-ring (bicyclic) bond motifs is 1. The Balaban J connectivity index is -0.000000514. The van der Waals surface area contributed by atoms with Crippen LogP contribution >= 0.6 is 0 Å². The zero-order chi connectivity index (χ0) is 30.0. The van der Waals surface area contributed by atoms with Crippen molar-refractivity contribution in [3.05, 3.63) is 41.0 Å². The van der Waals surface area contributed by atoms with E-state index in [1.54, 1.807) is 5.57 Å². The van der Waals surface area contributed by atoms with E-state index in [9.17, 15) is 0 Å². The van der Waals surface area contributed by atoms with Crippen molar-refractivity contribution in [3.63, 3.8) is 0 Å². The Labute approximate surface area is 288 Å². The van der Waals surface area contributed by atoms with Crippen molar-refractivity contribution < 1.29 is 0 Å².